The van der Waals surface area contributed by atoms with E-state index in [0.29, 0.717) is 5.91 Å². The van der Waals surface area contributed by atoms with Crippen molar-refractivity contribution >= 4 is 11.7 Å². The van der Waals surface area contributed by atoms with Gasteiger partial charge in [-0.25, -0.2) is 9.97 Å². The molecule has 108 valence electrons. The van der Waals surface area contributed by atoms with Gasteiger partial charge in [0.2, 0.25) is 5.91 Å². The van der Waals surface area contributed by atoms with E-state index in [1.807, 2.05) is 13.0 Å². The normalized spacial score (nSPS) is 20.4. The Morgan fingerprint density at radius 1 is 1.20 bits per heavy atom. The zero-order valence-electron chi connectivity index (χ0n) is 12.1. The molecule has 1 amide bonds. The number of aromatic nitrogens is 2. The molecule has 0 radical (unpaired) electrons. The second-order valence-corrected chi connectivity index (χ2v) is 5.76. The first-order valence-electron chi connectivity index (χ1n) is 7.57. The standard InChI is InChI=1S/C15H22N4O/c1-12-16-7-4-14(17-12)18-10-5-13(6-11-18)15(20)19-8-2-3-9-19/h4,7,13H,2-3,5-6,8-11H2,1H3. The van der Waals surface area contributed by atoms with Crippen LogP contribution in [0.2, 0.25) is 0 Å². The summed E-state index contributed by atoms with van der Waals surface area (Å²) >= 11 is 0. The number of aryl methyl sites for hydroxylation is 1. The quantitative estimate of drug-likeness (QED) is 0.822. The zero-order chi connectivity index (χ0) is 13.9. The van der Waals surface area contributed by atoms with Crippen LogP contribution in [-0.2, 0) is 4.79 Å². The number of hydrogen-bond acceptors (Lipinski definition) is 4. The highest BCUT2D eigenvalue weighted by Gasteiger charge is 2.30. The molecule has 2 aliphatic heterocycles. The minimum atomic E-state index is 0.215. The van der Waals surface area contributed by atoms with Gasteiger partial charge in [0.25, 0.3) is 0 Å². The highest BCUT2D eigenvalue weighted by atomic mass is 16.2. The Morgan fingerprint density at radius 2 is 1.90 bits per heavy atom. The Morgan fingerprint density at radius 3 is 2.55 bits per heavy atom. The number of hydrogen-bond donors (Lipinski definition) is 0. The number of anilines is 1. The van der Waals surface area contributed by atoms with Crippen LogP contribution in [0.3, 0.4) is 0 Å². The van der Waals surface area contributed by atoms with Crippen molar-refractivity contribution < 1.29 is 4.79 Å². The smallest absolute Gasteiger partial charge is 0.225 e. The molecular formula is C15H22N4O. The van der Waals surface area contributed by atoms with E-state index in [1.54, 1.807) is 6.20 Å². The average Bonchev–Trinajstić information content (AvgIpc) is 3.01. The molecular weight excluding hydrogens is 252 g/mol. The van der Waals surface area contributed by atoms with Crippen LogP contribution in [0.5, 0.6) is 0 Å². The van der Waals surface area contributed by atoms with E-state index in [9.17, 15) is 4.79 Å². The summed E-state index contributed by atoms with van der Waals surface area (Å²) in [5.74, 6) is 2.38. The van der Waals surface area contributed by atoms with E-state index in [-0.39, 0.29) is 5.92 Å². The lowest BCUT2D eigenvalue weighted by atomic mass is 9.95. The van der Waals surface area contributed by atoms with E-state index in [2.05, 4.69) is 19.8 Å². The summed E-state index contributed by atoms with van der Waals surface area (Å²) in [5.41, 5.74) is 0. The van der Waals surface area contributed by atoms with Gasteiger partial charge in [-0.2, -0.15) is 0 Å². The molecule has 20 heavy (non-hydrogen) atoms. The molecule has 5 heteroatoms. The fraction of sp³-hybridized carbons (Fsp3) is 0.667. The van der Waals surface area contributed by atoms with E-state index in [4.69, 9.17) is 0 Å². The van der Waals surface area contributed by atoms with Crippen molar-refractivity contribution in [2.24, 2.45) is 5.92 Å². The first kappa shape index (κ1) is 13.3. The van der Waals surface area contributed by atoms with Gasteiger partial charge in [-0.15, -0.1) is 0 Å². The van der Waals surface area contributed by atoms with Crippen LogP contribution in [0, 0.1) is 12.8 Å². The van der Waals surface area contributed by atoms with E-state index < -0.39 is 0 Å². The van der Waals surface area contributed by atoms with Crippen LogP contribution in [0.15, 0.2) is 12.3 Å². The van der Waals surface area contributed by atoms with Crippen molar-refractivity contribution in [1.29, 1.82) is 0 Å². The number of piperidine rings is 1. The average molecular weight is 274 g/mol. The summed E-state index contributed by atoms with van der Waals surface area (Å²) < 4.78 is 0. The third-order valence-electron chi connectivity index (χ3n) is 4.35. The van der Waals surface area contributed by atoms with Gasteiger partial charge in [0.1, 0.15) is 11.6 Å². The predicted molar refractivity (Wildman–Crippen MR) is 77.5 cm³/mol. The summed E-state index contributed by atoms with van der Waals surface area (Å²) in [6, 6.07) is 1.95. The van der Waals surface area contributed by atoms with Crippen LogP contribution in [0.25, 0.3) is 0 Å². The number of likely N-dealkylation sites (tertiary alicyclic amines) is 1. The number of rotatable bonds is 2. The molecule has 3 rings (SSSR count). The van der Waals surface area contributed by atoms with Gasteiger partial charge in [0.15, 0.2) is 0 Å². The first-order chi connectivity index (χ1) is 9.74. The predicted octanol–water partition coefficient (Wildman–Crippen LogP) is 1.62. The van der Waals surface area contributed by atoms with Gasteiger partial charge in [-0.05, 0) is 38.7 Å². The largest absolute Gasteiger partial charge is 0.356 e. The summed E-state index contributed by atoms with van der Waals surface area (Å²) in [4.78, 5) is 25.3. The molecule has 0 N–H and O–H groups in total. The molecule has 2 saturated heterocycles. The fourth-order valence-corrected chi connectivity index (χ4v) is 3.17. The summed E-state index contributed by atoms with van der Waals surface area (Å²) in [5, 5.41) is 0. The van der Waals surface area contributed by atoms with Crippen molar-refractivity contribution in [1.82, 2.24) is 14.9 Å². The highest BCUT2D eigenvalue weighted by Crippen LogP contribution is 2.24. The Hall–Kier alpha value is -1.65. The number of carbonyl (C=O) groups is 1. The Balaban J connectivity index is 1.58. The highest BCUT2D eigenvalue weighted by molar-refractivity contribution is 5.79. The molecule has 0 aliphatic carbocycles. The fourth-order valence-electron chi connectivity index (χ4n) is 3.17. The molecule has 0 spiro atoms. The maximum Gasteiger partial charge on any atom is 0.225 e. The van der Waals surface area contributed by atoms with Crippen LogP contribution in [0.4, 0.5) is 5.82 Å². The molecule has 3 heterocycles. The summed E-state index contributed by atoms with van der Waals surface area (Å²) in [7, 11) is 0. The van der Waals surface area contributed by atoms with Gasteiger partial charge in [-0.1, -0.05) is 0 Å². The van der Waals surface area contributed by atoms with Crippen LogP contribution in [-0.4, -0.2) is 47.0 Å². The molecule has 0 aromatic carbocycles. The van der Waals surface area contributed by atoms with Crippen LogP contribution < -0.4 is 4.90 Å². The van der Waals surface area contributed by atoms with Crippen molar-refractivity contribution in [2.75, 3.05) is 31.1 Å². The second-order valence-electron chi connectivity index (χ2n) is 5.76. The van der Waals surface area contributed by atoms with Crippen molar-refractivity contribution in [3.8, 4) is 0 Å². The molecule has 5 nitrogen and oxygen atoms in total. The minimum Gasteiger partial charge on any atom is -0.356 e. The Bertz CT molecular complexity index is 477. The van der Waals surface area contributed by atoms with Gasteiger partial charge in [0, 0.05) is 38.3 Å². The summed E-state index contributed by atoms with van der Waals surface area (Å²) in [6.07, 6.45) is 6.03. The number of amides is 1. The van der Waals surface area contributed by atoms with Gasteiger partial charge in [0.05, 0.1) is 0 Å². The topological polar surface area (TPSA) is 49.3 Å². The molecule has 0 saturated carbocycles. The molecule has 0 atom stereocenters. The Kier molecular flexibility index (Phi) is 3.85. The summed E-state index contributed by atoms with van der Waals surface area (Å²) in [6.45, 7) is 5.67. The van der Waals surface area contributed by atoms with Gasteiger partial charge in [-0.3, -0.25) is 4.79 Å². The maximum atomic E-state index is 12.4. The van der Waals surface area contributed by atoms with E-state index in [1.165, 1.54) is 12.8 Å². The van der Waals surface area contributed by atoms with E-state index in [0.717, 1.165) is 50.7 Å². The monoisotopic (exact) mass is 274 g/mol. The zero-order valence-corrected chi connectivity index (χ0v) is 12.1. The molecule has 0 bridgehead atoms. The van der Waals surface area contributed by atoms with E-state index >= 15 is 0 Å². The lowest BCUT2D eigenvalue weighted by molar-refractivity contribution is -0.135. The van der Waals surface area contributed by atoms with Crippen molar-refractivity contribution in [3.63, 3.8) is 0 Å². The van der Waals surface area contributed by atoms with Crippen molar-refractivity contribution in [2.45, 2.75) is 32.6 Å². The van der Waals surface area contributed by atoms with Crippen LogP contribution in [0.1, 0.15) is 31.5 Å². The molecule has 1 aromatic rings. The van der Waals surface area contributed by atoms with Gasteiger partial charge >= 0.3 is 0 Å². The minimum absolute atomic E-state index is 0.215. The SMILES string of the molecule is Cc1nccc(N2CCC(C(=O)N3CCCC3)CC2)n1. The Labute approximate surface area is 120 Å². The lowest BCUT2D eigenvalue weighted by Gasteiger charge is -2.33. The first-order valence-corrected chi connectivity index (χ1v) is 7.57. The number of carbonyl (C=O) groups excluding carboxylic acids is 1. The second kappa shape index (κ2) is 5.77. The van der Waals surface area contributed by atoms with Gasteiger partial charge < -0.3 is 9.80 Å². The molecule has 1 aromatic heterocycles. The third-order valence-corrected chi connectivity index (χ3v) is 4.35. The lowest BCUT2D eigenvalue weighted by Crippen LogP contribution is -2.42. The third kappa shape index (κ3) is 2.76. The molecule has 2 fully saturated rings. The van der Waals surface area contributed by atoms with Crippen molar-refractivity contribution in [3.05, 3.63) is 18.1 Å². The van der Waals surface area contributed by atoms with Crippen LogP contribution >= 0.6 is 0 Å². The molecule has 0 unspecified atom stereocenters. The maximum absolute atomic E-state index is 12.4. The molecule has 2 aliphatic rings. The number of nitrogens with zero attached hydrogens (tertiary/aromatic N) is 4.